The molecule has 3 rings (SSSR count). The molecule has 0 heteroatoms. The molecule has 0 bridgehead atoms. The van der Waals surface area contributed by atoms with Crippen LogP contribution >= 0.6 is 0 Å². The monoisotopic (exact) mass is 298 g/mol. The summed E-state index contributed by atoms with van der Waals surface area (Å²) in [7, 11) is 0. The molecule has 0 aromatic heterocycles. The molecule has 22 heavy (non-hydrogen) atoms. The molecule has 2 aliphatic carbocycles. The van der Waals surface area contributed by atoms with Crippen molar-refractivity contribution >= 4 is 0 Å². The molecule has 0 aliphatic heterocycles. The van der Waals surface area contributed by atoms with Crippen molar-refractivity contribution in [3.05, 3.63) is 35.9 Å². The number of benzene rings is 1. The van der Waals surface area contributed by atoms with Gasteiger partial charge < -0.3 is 0 Å². The van der Waals surface area contributed by atoms with Crippen molar-refractivity contribution in [1.29, 1.82) is 0 Å². The SMILES string of the molecule is c1ccc([C@H]2CCCCCC[C@H]2C2CCCCCCC2)cc1. The number of hydrogen-bond acceptors (Lipinski definition) is 0. The van der Waals surface area contributed by atoms with E-state index in [1.54, 1.807) is 5.56 Å². The van der Waals surface area contributed by atoms with E-state index in [1.807, 2.05) is 0 Å². The summed E-state index contributed by atoms with van der Waals surface area (Å²) in [4.78, 5) is 0. The number of rotatable bonds is 2. The minimum atomic E-state index is 0.839. The fourth-order valence-corrected chi connectivity index (χ4v) is 5.11. The van der Waals surface area contributed by atoms with Gasteiger partial charge in [0.1, 0.15) is 0 Å². The molecule has 2 aliphatic rings. The van der Waals surface area contributed by atoms with Crippen LogP contribution in [0.3, 0.4) is 0 Å². The highest BCUT2D eigenvalue weighted by molar-refractivity contribution is 5.20. The molecule has 0 saturated heterocycles. The van der Waals surface area contributed by atoms with Crippen LogP contribution in [0.2, 0.25) is 0 Å². The first-order valence-corrected chi connectivity index (χ1v) is 10.00. The van der Waals surface area contributed by atoms with Crippen molar-refractivity contribution in [2.24, 2.45) is 11.8 Å². The standard InChI is InChI=1S/C22H34/c1-2-7-13-19(14-8-3-1)21-17-11-4-5-12-18-22(21)20-15-9-6-10-16-20/h6,9-10,15-16,19,21-22H,1-5,7-8,11-14,17-18H2/t21-,22+/m0/s1. The van der Waals surface area contributed by atoms with E-state index in [2.05, 4.69) is 30.3 Å². The first-order valence-electron chi connectivity index (χ1n) is 10.00. The van der Waals surface area contributed by atoms with Gasteiger partial charge in [-0.3, -0.25) is 0 Å². The molecule has 0 heterocycles. The van der Waals surface area contributed by atoms with Crippen molar-refractivity contribution in [2.45, 2.75) is 89.4 Å². The molecule has 0 radical (unpaired) electrons. The molecule has 2 atom stereocenters. The zero-order valence-electron chi connectivity index (χ0n) is 14.3. The van der Waals surface area contributed by atoms with Crippen molar-refractivity contribution < 1.29 is 0 Å². The molecule has 0 unspecified atom stereocenters. The third-order valence-corrected chi connectivity index (χ3v) is 6.30. The largest absolute Gasteiger partial charge is 0.0622 e. The van der Waals surface area contributed by atoms with Crippen molar-refractivity contribution in [2.75, 3.05) is 0 Å². The van der Waals surface area contributed by atoms with Crippen molar-refractivity contribution in [3.8, 4) is 0 Å². The van der Waals surface area contributed by atoms with Crippen LogP contribution in [0.4, 0.5) is 0 Å². The first kappa shape index (κ1) is 16.1. The molecule has 0 nitrogen and oxygen atoms in total. The van der Waals surface area contributed by atoms with E-state index >= 15 is 0 Å². The summed E-state index contributed by atoms with van der Waals surface area (Å²) in [6.07, 6.45) is 19.2. The molecular weight excluding hydrogens is 264 g/mol. The van der Waals surface area contributed by atoms with Gasteiger partial charge in [0.15, 0.2) is 0 Å². The van der Waals surface area contributed by atoms with Crippen LogP contribution < -0.4 is 0 Å². The van der Waals surface area contributed by atoms with Crippen molar-refractivity contribution in [3.63, 3.8) is 0 Å². The van der Waals surface area contributed by atoms with Gasteiger partial charge in [-0.05, 0) is 36.2 Å². The van der Waals surface area contributed by atoms with Gasteiger partial charge in [-0.15, -0.1) is 0 Å². The van der Waals surface area contributed by atoms with Crippen LogP contribution in [-0.4, -0.2) is 0 Å². The fourth-order valence-electron chi connectivity index (χ4n) is 5.11. The molecule has 0 N–H and O–H groups in total. The molecule has 0 amide bonds. The van der Waals surface area contributed by atoms with Crippen LogP contribution in [0.1, 0.15) is 95.0 Å². The zero-order valence-corrected chi connectivity index (χ0v) is 14.3. The Bertz CT molecular complexity index is 399. The quantitative estimate of drug-likeness (QED) is 0.546. The van der Waals surface area contributed by atoms with Crippen LogP contribution in [0.5, 0.6) is 0 Å². The highest BCUT2D eigenvalue weighted by Crippen LogP contribution is 2.43. The predicted molar refractivity (Wildman–Crippen MR) is 96.2 cm³/mol. The Morgan fingerprint density at radius 3 is 1.77 bits per heavy atom. The maximum Gasteiger partial charge on any atom is -0.0131 e. The Kier molecular flexibility index (Phi) is 6.40. The average Bonchev–Trinajstić information content (AvgIpc) is 2.49. The lowest BCUT2D eigenvalue weighted by Gasteiger charge is -2.37. The lowest BCUT2D eigenvalue weighted by molar-refractivity contribution is 0.194. The number of hydrogen-bond donors (Lipinski definition) is 0. The summed E-state index contributed by atoms with van der Waals surface area (Å²) in [6.45, 7) is 0. The minimum absolute atomic E-state index is 0.839. The topological polar surface area (TPSA) is 0 Å². The Morgan fingerprint density at radius 2 is 1.09 bits per heavy atom. The summed E-state index contributed by atoms with van der Waals surface area (Å²) in [5.74, 6) is 2.80. The summed E-state index contributed by atoms with van der Waals surface area (Å²) < 4.78 is 0. The van der Waals surface area contributed by atoms with Gasteiger partial charge in [0, 0.05) is 0 Å². The van der Waals surface area contributed by atoms with Gasteiger partial charge in [0.05, 0.1) is 0 Å². The molecule has 0 spiro atoms. The summed E-state index contributed by atoms with van der Waals surface area (Å²) in [6, 6.07) is 11.5. The van der Waals surface area contributed by atoms with E-state index in [9.17, 15) is 0 Å². The van der Waals surface area contributed by atoms with Gasteiger partial charge in [-0.25, -0.2) is 0 Å². The van der Waals surface area contributed by atoms with Crippen molar-refractivity contribution in [1.82, 2.24) is 0 Å². The first-order chi connectivity index (χ1) is 10.9. The molecule has 1 aromatic rings. The highest BCUT2D eigenvalue weighted by atomic mass is 14.4. The second-order valence-electron chi connectivity index (χ2n) is 7.78. The van der Waals surface area contributed by atoms with Crippen LogP contribution in [0.25, 0.3) is 0 Å². The van der Waals surface area contributed by atoms with E-state index in [1.165, 1.54) is 83.5 Å². The zero-order chi connectivity index (χ0) is 15.0. The summed E-state index contributed by atoms with van der Waals surface area (Å²) in [5, 5.41) is 0. The van der Waals surface area contributed by atoms with Gasteiger partial charge in [0.2, 0.25) is 0 Å². The minimum Gasteiger partial charge on any atom is -0.0622 e. The average molecular weight is 299 g/mol. The Hall–Kier alpha value is -0.780. The highest BCUT2D eigenvalue weighted by Gasteiger charge is 2.30. The van der Waals surface area contributed by atoms with E-state index in [-0.39, 0.29) is 0 Å². The van der Waals surface area contributed by atoms with Crippen LogP contribution in [0, 0.1) is 11.8 Å². The third kappa shape index (κ3) is 4.37. The van der Waals surface area contributed by atoms with E-state index in [4.69, 9.17) is 0 Å². The predicted octanol–water partition coefficient (Wildman–Crippen LogP) is 7.10. The van der Waals surface area contributed by atoms with E-state index in [0.717, 1.165) is 17.8 Å². The molecular formula is C22H34. The molecule has 2 saturated carbocycles. The van der Waals surface area contributed by atoms with Crippen LogP contribution in [-0.2, 0) is 0 Å². The van der Waals surface area contributed by atoms with E-state index in [0.29, 0.717) is 0 Å². The molecule has 1 aromatic carbocycles. The normalized spacial score (nSPS) is 29.1. The van der Waals surface area contributed by atoms with Gasteiger partial charge in [-0.1, -0.05) is 101 Å². The molecule has 122 valence electrons. The molecule has 2 fully saturated rings. The lowest BCUT2D eigenvalue weighted by Crippen LogP contribution is -2.24. The van der Waals surface area contributed by atoms with Gasteiger partial charge in [-0.2, -0.15) is 0 Å². The second-order valence-corrected chi connectivity index (χ2v) is 7.78. The van der Waals surface area contributed by atoms with Crippen LogP contribution in [0.15, 0.2) is 30.3 Å². The maximum atomic E-state index is 2.40. The Morgan fingerprint density at radius 1 is 0.545 bits per heavy atom. The summed E-state index contributed by atoms with van der Waals surface area (Å²) >= 11 is 0. The fraction of sp³-hybridized carbons (Fsp3) is 0.727. The maximum absolute atomic E-state index is 2.40. The van der Waals surface area contributed by atoms with Gasteiger partial charge >= 0.3 is 0 Å². The Labute approximate surface area is 137 Å². The van der Waals surface area contributed by atoms with Gasteiger partial charge in [0.25, 0.3) is 0 Å². The third-order valence-electron chi connectivity index (χ3n) is 6.30. The smallest absolute Gasteiger partial charge is 0.0131 e. The Balaban J connectivity index is 1.78. The van der Waals surface area contributed by atoms with E-state index < -0.39 is 0 Å². The summed E-state index contributed by atoms with van der Waals surface area (Å²) in [5.41, 5.74) is 1.64. The lowest BCUT2D eigenvalue weighted by atomic mass is 9.68. The second kappa shape index (κ2) is 8.75.